The highest BCUT2D eigenvalue weighted by Crippen LogP contribution is 2.40. The minimum Gasteiger partial charge on any atom is -0.398 e. The Morgan fingerprint density at radius 2 is 2.06 bits per heavy atom. The van der Waals surface area contributed by atoms with Gasteiger partial charge in [-0.3, -0.25) is 0 Å². The second-order valence-corrected chi connectivity index (χ2v) is 8.24. The van der Waals surface area contributed by atoms with Crippen LogP contribution in [0.1, 0.15) is 32.1 Å². The summed E-state index contributed by atoms with van der Waals surface area (Å²) in [6.07, 6.45) is 5.62. The summed E-state index contributed by atoms with van der Waals surface area (Å²) in [6.45, 7) is 0.676. The average molecular weight is 286 g/mol. The van der Waals surface area contributed by atoms with Crippen LogP contribution in [-0.4, -0.2) is 25.3 Å². The third-order valence-corrected chi connectivity index (χ3v) is 7.48. The Kier molecular flexibility index (Phi) is 3.11. The van der Waals surface area contributed by atoms with E-state index in [-0.39, 0.29) is 6.04 Å². The van der Waals surface area contributed by atoms with Crippen molar-refractivity contribution >= 4 is 27.0 Å². The smallest absolute Gasteiger partial charge is 0.252 e. The summed E-state index contributed by atoms with van der Waals surface area (Å²) in [4.78, 5) is 0. The molecule has 0 bridgehead atoms. The summed E-state index contributed by atoms with van der Waals surface area (Å²) < 4.78 is 27.3. The van der Waals surface area contributed by atoms with E-state index in [9.17, 15) is 8.42 Å². The van der Waals surface area contributed by atoms with Crippen LogP contribution < -0.4 is 5.73 Å². The lowest BCUT2D eigenvalue weighted by atomic mass is 9.86. The van der Waals surface area contributed by atoms with Crippen LogP contribution >= 0.6 is 11.3 Å². The number of nitrogens with two attached hydrogens (primary N) is 1. The molecule has 100 valence electrons. The molecule has 2 unspecified atom stereocenters. The van der Waals surface area contributed by atoms with E-state index < -0.39 is 10.0 Å². The first-order valence-corrected chi connectivity index (χ1v) is 8.77. The second kappa shape index (κ2) is 4.51. The van der Waals surface area contributed by atoms with Crippen LogP contribution in [0, 0.1) is 5.92 Å². The topological polar surface area (TPSA) is 63.4 Å². The third kappa shape index (κ3) is 1.96. The van der Waals surface area contributed by atoms with Crippen molar-refractivity contribution in [2.45, 2.75) is 42.4 Å². The SMILES string of the molecule is Nc1csc(S(=O)(=O)N2CCC3CCCCC32)c1. The second-order valence-electron chi connectivity index (χ2n) is 5.22. The van der Waals surface area contributed by atoms with E-state index in [4.69, 9.17) is 5.73 Å². The van der Waals surface area contributed by atoms with E-state index in [0.29, 0.717) is 22.4 Å². The summed E-state index contributed by atoms with van der Waals surface area (Å²) in [5.74, 6) is 0.575. The molecule has 1 aromatic rings. The average Bonchev–Trinajstić information content (AvgIpc) is 2.95. The van der Waals surface area contributed by atoms with Gasteiger partial charge in [0, 0.05) is 23.7 Å². The zero-order valence-electron chi connectivity index (χ0n) is 10.2. The molecule has 2 heterocycles. The van der Waals surface area contributed by atoms with Gasteiger partial charge < -0.3 is 5.73 Å². The highest BCUT2D eigenvalue weighted by molar-refractivity contribution is 7.91. The van der Waals surface area contributed by atoms with Gasteiger partial charge in [0.1, 0.15) is 4.21 Å². The maximum absolute atomic E-state index is 12.6. The summed E-state index contributed by atoms with van der Waals surface area (Å²) in [6, 6.07) is 1.81. The lowest BCUT2D eigenvalue weighted by Crippen LogP contribution is -2.38. The number of nitrogen functional groups attached to an aromatic ring is 1. The normalized spacial score (nSPS) is 29.3. The molecule has 0 spiro atoms. The maximum atomic E-state index is 12.6. The standard InChI is InChI=1S/C12H18N2O2S2/c13-10-7-12(17-8-10)18(15,16)14-6-5-9-3-1-2-4-11(9)14/h7-9,11H,1-6,13H2. The monoisotopic (exact) mass is 286 g/mol. The van der Waals surface area contributed by atoms with Crippen LogP contribution in [0.2, 0.25) is 0 Å². The number of rotatable bonds is 2. The molecule has 0 aromatic carbocycles. The molecule has 6 heteroatoms. The van der Waals surface area contributed by atoms with E-state index in [0.717, 1.165) is 19.3 Å². The van der Waals surface area contributed by atoms with Crippen molar-refractivity contribution < 1.29 is 8.42 Å². The molecule has 0 amide bonds. The molecule has 3 rings (SSSR count). The van der Waals surface area contributed by atoms with Crippen molar-refractivity contribution in [3.63, 3.8) is 0 Å². The third-order valence-electron chi connectivity index (χ3n) is 4.12. The summed E-state index contributed by atoms with van der Waals surface area (Å²) in [5, 5.41) is 1.70. The first-order valence-electron chi connectivity index (χ1n) is 6.45. The molecule has 1 aliphatic carbocycles. The fraction of sp³-hybridized carbons (Fsp3) is 0.667. The van der Waals surface area contributed by atoms with E-state index in [2.05, 4.69) is 0 Å². The molecule has 4 nitrogen and oxygen atoms in total. The van der Waals surface area contributed by atoms with Gasteiger partial charge in [0.25, 0.3) is 10.0 Å². The number of thiophene rings is 1. The predicted octanol–water partition coefficient (Wildman–Crippen LogP) is 2.28. The maximum Gasteiger partial charge on any atom is 0.252 e. The van der Waals surface area contributed by atoms with Crippen LogP contribution in [0.25, 0.3) is 0 Å². The van der Waals surface area contributed by atoms with Crippen molar-refractivity contribution in [3.05, 3.63) is 11.4 Å². The zero-order valence-corrected chi connectivity index (χ0v) is 11.8. The molecule has 1 aromatic heterocycles. The van der Waals surface area contributed by atoms with Gasteiger partial charge in [-0.15, -0.1) is 11.3 Å². The number of anilines is 1. The minimum absolute atomic E-state index is 0.229. The fourth-order valence-corrected chi connectivity index (χ4v) is 6.18. The molecule has 1 aliphatic heterocycles. The molecule has 1 saturated heterocycles. The number of hydrogen-bond acceptors (Lipinski definition) is 4. The van der Waals surface area contributed by atoms with E-state index in [1.54, 1.807) is 15.8 Å². The van der Waals surface area contributed by atoms with Crippen LogP contribution in [-0.2, 0) is 10.0 Å². The lowest BCUT2D eigenvalue weighted by molar-refractivity contribution is 0.260. The molecule has 1 saturated carbocycles. The van der Waals surface area contributed by atoms with Crippen molar-refractivity contribution in [2.24, 2.45) is 5.92 Å². The molecular formula is C12H18N2O2S2. The predicted molar refractivity (Wildman–Crippen MR) is 73.0 cm³/mol. The van der Waals surface area contributed by atoms with Crippen LogP contribution in [0.5, 0.6) is 0 Å². The lowest BCUT2D eigenvalue weighted by Gasteiger charge is -2.30. The summed E-state index contributed by atoms with van der Waals surface area (Å²) in [7, 11) is -3.32. The number of hydrogen-bond donors (Lipinski definition) is 1. The van der Waals surface area contributed by atoms with Gasteiger partial charge in [-0.05, 0) is 31.2 Å². The molecule has 18 heavy (non-hydrogen) atoms. The molecule has 2 atom stereocenters. The minimum atomic E-state index is -3.32. The summed E-state index contributed by atoms with van der Waals surface area (Å²) >= 11 is 1.23. The molecular weight excluding hydrogens is 268 g/mol. The Morgan fingerprint density at radius 1 is 1.28 bits per heavy atom. The largest absolute Gasteiger partial charge is 0.398 e. The number of fused-ring (bicyclic) bond motifs is 1. The quantitative estimate of drug-likeness (QED) is 0.907. The Labute approximate surface area is 112 Å². The van der Waals surface area contributed by atoms with Gasteiger partial charge in [0.15, 0.2) is 0 Å². The molecule has 2 N–H and O–H groups in total. The van der Waals surface area contributed by atoms with Crippen LogP contribution in [0.3, 0.4) is 0 Å². The Balaban J connectivity index is 1.90. The Hall–Kier alpha value is -0.590. The van der Waals surface area contributed by atoms with Crippen LogP contribution in [0.4, 0.5) is 5.69 Å². The van der Waals surface area contributed by atoms with Crippen LogP contribution in [0.15, 0.2) is 15.7 Å². The van der Waals surface area contributed by atoms with Crippen molar-refractivity contribution in [3.8, 4) is 0 Å². The Bertz CT molecular complexity index is 538. The van der Waals surface area contributed by atoms with E-state index in [1.807, 2.05) is 0 Å². The first-order chi connectivity index (χ1) is 8.59. The van der Waals surface area contributed by atoms with E-state index >= 15 is 0 Å². The van der Waals surface area contributed by atoms with Gasteiger partial charge in [-0.25, -0.2) is 8.42 Å². The molecule has 2 aliphatic rings. The highest BCUT2D eigenvalue weighted by Gasteiger charge is 2.42. The Morgan fingerprint density at radius 3 is 2.78 bits per heavy atom. The fourth-order valence-electron chi connectivity index (χ4n) is 3.24. The zero-order chi connectivity index (χ0) is 12.8. The van der Waals surface area contributed by atoms with Crippen molar-refractivity contribution in [2.75, 3.05) is 12.3 Å². The van der Waals surface area contributed by atoms with Crippen molar-refractivity contribution in [1.82, 2.24) is 4.31 Å². The number of sulfonamides is 1. The molecule has 0 radical (unpaired) electrons. The van der Waals surface area contributed by atoms with Gasteiger partial charge in [-0.2, -0.15) is 4.31 Å². The van der Waals surface area contributed by atoms with Crippen molar-refractivity contribution in [1.29, 1.82) is 0 Å². The number of nitrogens with zero attached hydrogens (tertiary/aromatic N) is 1. The highest BCUT2D eigenvalue weighted by atomic mass is 32.2. The van der Waals surface area contributed by atoms with Gasteiger partial charge in [-0.1, -0.05) is 12.8 Å². The van der Waals surface area contributed by atoms with Gasteiger partial charge in [0.05, 0.1) is 0 Å². The van der Waals surface area contributed by atoms with Gasteiger partial charge in [0.2, 0.25) is 0 Å². The van der Waals surface area contributed by atoms with E-state index in [1.165, 1.54) is 24.2 Å². The van der Waals surface area contributed by atoms with Gasteiger partial charge >= 0.3 is 0 Å². The summed E-state index contributed by atoms with van der Waals surface area (Å²) in [5.41, 5.74) is 6.17. The first kappa shape index (κ1) is 12.4. The molecule has 2 fully saturated rings.